The molecule has 2 aliphatic rings. The Morgan fingerprint density at radius 1 is 1.03 bits per heavy atom. The fourth-order valence-electron chi connectivity index (χ4n) is 4.27. The van der Waals surface area contributed by atoms with E-state index in [0.717, 1.165) is 16.7 Å². The minimum atomic E-state index is -0.247. The first-order valence-electron chi connectivity index (χ1n) is 11.8. The summed E-state index contributed by atoms with van der Waals surface area (Å²) in [6.45, 7) is 5.74. The van der Waals surface area contributed by atoms with E-state index in [0.29, 0.717) is 54.1 Å². The second-order valence-corrected chi connectivity index (χ2v) is 8.91. The Balaban J connectivity index is 1.49. The van der Waals surface area contributed by atoms with E-state index in [9.17, 15) is 4.79 Å². The van der Waals surface area contributed by atoms with Crippen LogP contribution in [0, 0.1) is 0 Å². The van der Waals surface area contributed by atoms with E-state index < -0.39 is 0 Å². The Labute approximate surface area is 204 Å². The van der Waals surface area contributed by atoms with Crippen molar-refractivity contribution >= 4 is 22.9 Å². The number of carbonyl (C=O) groups excluding carboxylic acids is 1. The number of amides is 1. The predicted molar refractivity (Wildman–Crippen MR) is 136 cm³/mol. The lowest BCUT2D eigenvalue weighted by molar-refractivity contribution is -0.114. The first-order valence-corrected chi connectivity index (χ1v) is 11.8. The maximum Gasteiger partial charge on any atom is 0.270 e. The molecule has 5 rings (SSSR count). The van der Waals surface area contributed by atoms with E-state index in [4.69, 9.17) is 15.2 Å². The van der Waals surface area contributed by atoms with Crippen molar-refractivity contribution in [3.63, 3.8) is 0 Å². The number of rotatable bonds is 5. The number of nitrogens with two attached hydrogens (primary N) is 1. The zero-order valence-corrected chi connectivity index (χ0v) is 19.8. The van der Waals surface area contributed by atoms with Gasteiger partial charge in [-0.2, -0.15) is 0 Å². The van der Waals surface area contributed by atoms with Gasteiger partial charge in [0.1, 0.15) is 12.3 Å². The molecule has 7 nitrogen and oxygen atoms in total. The second-order valence-electron chi connectivity index (χ2n) is 8.91. The fraction of sp³-hybridized carbons (Fsp3) is 0.250. The Kier molecular flexibility index (Phi) is 6.23. The number of pyridine rings is 1. The van der Waals surface area contributed by atoms with Crippen molar-refractivity contribution in [2.75, 3.05) is 19.7 Å². The van der Waals surface area contributed by atoms with Crippen molar-refractivity contribution in [3.8, 4) is 11.5 Å². The number of ether oxygens (including phenoxy) is 2. The van der Waals surface area contributed by atoms with Gasteiger partial charge in [-0.15, -0.1) is 0 Å². The summed E-state index contributed by atoms with van der Waals surface area (Å²) in [4.78, 5) is 21.3. The molecular formula is C28H28N4O3. The predicted octanol–water partition coefficient (Wildman–Crippen LogP) is 4.12. The van der Waals surface area contributed by atoms with Crippen LogP contribution in [0.2, 0.25) is 0 Å². The summed E-state index contributed by atoms with van der Waals surface area (Å²) >= 11 is 0. The van der Waals surface area contributed by atoms with Crippen molar-refractivity contribution < 1.29 is 14.3 Å². The van der Waals surface area contributed by atoms with Crippen LogP contribution in [0.5, 0.6) is 11.5 Å². The summed E-state index contributed by atoms with van der Waals surface area (Å²) in [6.07, 6.45) is 3.14. The molecule has 0 aliphatic carbocycles. The molecule has 2 aliphatic heterocycles. The van der Waals surface area contributed by atoms with Crippen molar-refractivity contribution in [1.29, 1.82) is 0 Å². The van der Waals surface area contributed by atoms with Gasteiger partial charge in [0.15, 0.2) is 17.6 Å². The lowest BCUT2D eigenvalue weighted by Crippen LogP contribution is -2.38. The highest BCUT2D eigenvalue weighted by Crippen LogP contribution is 2.39. The van der Waals surface area contributed by atoms with Gasteiger partial charge in [-0.25, -0.2) is 0 Å². The molecule has 0 spiro atoms. The highest BCUT2D eigenvalue weighted by molar-refractivity contribution is 6.58. The van der Waals surface area contributed by atoms with E-state index in [-0.39, 0.29) is 12.0 Å². The van der Waals surface area contributed by atoms with E-state index in [1.807, 2.05) is 30.3 Å². The first kappa shape index (κ1) is 22.7. The lowest BCUT2D eigenvalue weighted by Gasteiger charge is -2.28. The van der Waals surface area contributed by atoms with Crippen LogP contribution < -0.4 is 20.5 Å². The van der Waals surface area contributed by atoms with Gasteiger partial charge in [0.25, 0.3) is 5.91 Å². The molecule has 0 saturated heterocycles. The van der Waals surface area contributed by atoms with E-state index in [2.05, 4.69) is 53.4 Å². The van der Waals surface area contributed by atoms with Crippen LogP contribution in [0.4, 0.5) is 0 Å². The molecule has 0 saturated carbocycles. The van der Waals surface area contributed by atoms with Gasteiger partial charge in [-0.3, -0.25) is 14.8 Å². The molecular weight excluding hydrogens is 440 g/mol. The highest BCUT2D eigenvalue weighted by Gasteiger charge is 2.27. The van der Waals surface area contributed by atoms with Gasteiger partial charge in [0.05, 0.1) is 6.54 Å². The highest BCUT2D eigenvalue weighted by atomic mass is 16.6. The van der Waals surface area contributed by atoms with Gasteiger partial charge >= 0.3 is 0 Å². The third-order valence-corrected chi connectivity index (χ3v) is 6.25. The number of aromatic nitrogens is 1. The van der Waals surface area contributed by atoms with Crippen LogP contribution in [-0.4, -0.2) is 36.3 Å². The van der Waals surface area contributed by atoms with E-state index in [1.54, 1.807) is 12.4 Å². The topological polar surface area (TPSA) is 98.8 Å². The van der Waals surface area contributed by atoms with E-state index in [1.165, 1.54) is 5.56 Å². The smallest absolute Gasteiger partial charge is 0.270 e. The van der Waals surface area contributed by atoms with Crippen LogP contribution in [0.25, 0.3) is 11.3 Å². The average Bonchev–Trinajstić information content (AvgIpc) is 2.90. The van der Waals surface area contributed by atoms with Crippen LogP contribution >= 0.6 is 0 Å². The lowest BCUT2D eigenvalue weighted by atomic mass is 9.94. The molecule has 1 aromatic heterocycles. The zero-order valence-electron chi connectivity index (χ0n) is 19.8. The Morgan fingerprint density at radius 3 is 2.51 bits per heavy atom. The minimum Gasteiger partial charge on any atom is -0.485 e. The average molecular weight is 469 g/mol. The Hall–Kier alpha value is -4.13. The number of benzene rings is 2. The molecule has 35 heavy (non-hydrogen) atoms. The molecule has 3 heterocycles. The molecule has 1 atom stereocenters. The first-order chi connectivity index (χ1) is 17.0. The van der Waals surface area contributed by atoms with Gasteiger partial charge in [0, 0.05) is 35.8 Å². The molecule has 7 heteroatoms. The SMILES string of the molecule is CC(C)c1ccc(C2COc3cc(C(C4=NCCNC4=O)=C(N)c4ccncc4)ccc3O2)cc1. The number of aliphatic imine (C=N–C) groups is 1. The quantitative estimate of drug-likeness (QED) is 0.587. The van der Waals surface area contributed by atoms with Crippen molar-refractivity contribution in [3.05, 3.63) is 89.2 Å². The standard InChI is InChI=1S/C28H28N4O3/c1-17(2)18-3-5-19(6-4-18)24-16-34-23-15-21(7-8-22(23)35-24)25(27-28(33)32-14-13-31-27)26(29)20-9-11-30-12-10-20/h3-12,15,17,24H,13-14,16,29H2,1-2H3,(H,32,33). The summed E-state index contributed by atoms with van der Waals surface area (Å²) < 4.78 is 12.4. The van der Waals surface area contributed by atoms with Crippen molar-refractivity contribution in [2.45, 2.75) is 25.9 Å². The number of nitrogens with zero attached hydrogens (tertiary/aromatic N) is 2. The second kappa shape index (κ2) is 9.62. The zero-order chi connectivity index (χ0) is 24.4. The molecule has 0 radical (unpaired) electrons. The molecule has 1 unspecified atom stereocenters. The monoisotopic (exact) mass is 468 g/mol. The molecule has 3 N–H and O–H groups in total. The minimum absolute atomic E-state index is 0.194. The third kappa shape index (κ3) is 4.62. The van der Waals surface area contributed by atoms with Crippen LogP contribution in [-0.2, 0) is 4.79 Å². The van der Waals surface area contributed by atoms with Gasteiger partial charge in [0.2, 0.25) is 0 Å². The maximum atomic E-state index is 12.7. The summed E-state index contributed by atoms with van der Waals surface area (Å²) in [5.74, 6) is 1.48. The Morgan fingerprint density at radius 2 is 1.80 bits per heavy atom. The van der Waals surface area contributed by atoms with E-state index >= 15 is 0 Å². The van der Waals surface area contributed by atoms with Gasteiger partial charge in [-0.05, 0) is 46.9 Å². The number of hydrogen-bond donors (Lipinski definition) is 2. The number of carbonyl (C=O) groups is 1. The molecule has 1 amide bonds. The maximum absolute atomic E-state index is 12.7. The fourth-order valence-corrected chi connectivity index (χ4v) is 4.27. The van der Waals surface area contributed by atoms with Crippen LogP contribution in [0.15, 0.2) is 72.0 Å². The van der Waals surface area contributed by atoms with Crippen LogP contribution in [0.3, 0.4) is 0 Å². The molecule has 0 fully saturated rings. The molecule has 3 aromatic rings. The molecule has 2 aromatic carbocycles. The number of fused-ring (bicyclic) bond motifs is 1. The number of nitrogens with one attached hydrogen (secondary N) is 1. The Bertz CT molecular complexity index is 1300. The summed E-state index contributed by atoms with van der Waals surface area (Å²) in [5.41, 5.74) is 11.8. The third-order valence-electron chi connectivity index (χ3n) is 6.25. The summed E-state index contributed by atoms with van der Waals surface area (Å²) in [5, 5.41) is 2.86. The normalized spacial score (nSPS) is 18.0. The largest absolute Gasteiger partial charge is 0.485 e. The van der Waals surface area contributed by atoms with Crippen molar-refractivity contribution in [2.24, 2.45) is 10.7 Å². The van der Waals surface area contributed by atoms with Gasteiger partial charge in [-0.1, -0.05) is 44.2 Å². The molecule has 0 bridgehead atoms. The summed E-state index contributed by atoms with van der Waals surface area (Å²) in [6, 6.07) is 17.7. The van der Waals surface area contributed by atoms with Crippen molar-refractivity contribution in [1.82, 2.24) is 10.3 Å². The summed E-state index contributed by atoms with van der Waals surface area (Å²) in [7, 11) is 0. The van der Waals surface area contributed by atoms with Crippen LogP contribution in [0.1, 0.15) is 48.1 Å². The molecule has 178 valence electrons. The number of hydrogen-bond acceptors (Lipinski definition) is 6. The van der Waals surface area contributed by atoms with Gasteiger partial charge < -0.3 is 20.5 Å².